The van der Waals surface area contributed by atoms with Crippen LogP contribution < -0.4 is 11.2 Å². The first-order valence-corrected chi connectivity index (χ1v) is 9.36. The number of sulfone groups is 1. The molecular weight excluding hydrogens is 368 g/mol. The first-order chi connectivity index (χ1) is 11.7. The van der Waals surface area contributed by atoms with E-state index in [0.717, 1.165) is 4.57 Å². The zero-order chi connectivity index (χ0) is 18.4. The third kappa shape index (κ3) is 2.89. The first-order valence-electron chi connectivity index (χ1n) is 7.33. The molecule has 3 rings (SSSR count). The van der Waals surface area contributed by atoms with Crippen molar-refractivity contribution in [3.8, 4) is 0 Å². The summed E-state index contributed by atoms with van der Waals surface area (Å²) in [6.07, 6.45) is 0. The molecule has 0 amide bonds. The van der Waals surface area contributed by atoms with Crippen molar-refractivity contribution in [2.75, 3.05) is 5.75 Å². The number of halogens is 1. The summed E-state index contributed by atoms with van der Waals surface area (Å²) in [6, 6.07) is 8.01. The molecule has 0 saturated heterocycles. The van der Waals surface area contributed by atoms with E-state index < -0.39 is 21.1 Å². The average molecular weight is 383 g/mol. The van der Waals surface area contributed by atoms with Gasteiger partial charge in [-0.3, -0.25) is 13.9 Å². The number of rotatable bonds is 4. The molecule has 0 aliphatic rings. The maximum atomic E-state index is 12.4. The van der Waals surface area contributed by atoms with Crippen LogP contribution in [0, 0.1) is 0 Å². The highest BCUT2D eigenvalue weighted by atomic mass is 35.5. The van der Waals surface area contributed by atoms with Crippen LogP contribution in [-0.2, 0) is 30.5 Å². The van der Waals surface area contributed by atoms with Crippen molar-refractivity contribution in [3.05, 3.63) is 56.5 Å². The van der Waals surface area contributed by atoms with Gasteiger partial charge in [-0.15, -0.1) is 0 Å². The molecule has 0 aliphatic heterocycles. The highest BCUT2D eigenvalue weighted by molar-refractivity contribution is 7.91. The minimum absolute atomic E-state index is 0.0449. The minimum Gasteiger partial charge on any atom is -0.308 e. The van der Waals surface area contributed by atoms with E-state index in [4.69, 9.17) is 11.6 Å². The van der Waals surface area contributed by atoms with Crippen molar-refractivity contribution in [1.82, 2.24) is 18.7 Å². The Bertz CT molecular complexity index is 1180. The molecule has 2 heterocycles. The second kappa shape index (κ2) is 6.16. The summed E-state index contributed by atoms with van der Waals surface area (Å²) in [5.41, 5.74) is -0.890. The van der Waals surface area contributed by atoms with E-state index in [2.05, 4.69) is 4.98 Å². The predicted molar refractivity (Wildman–Crippen MR) is 93.7 cm³/mol. The summed E-state index contributed by atoms with van der Waals surface area (Å²) in [4.78, 5) is 28.6. The average Bonchev–Trinajstić information content (AvgIpc) is 2.94. The van der Waals surface area contributed by atoms with Crippen molar-refractivity contribution >= 4 is 32.6 Å². The van der Waals surface area contributed by atoms with Gasteiger partial charge in [0.15, 0.2) is 21.0 Å². The molecule has 0 atom stereocenters. The van der Waals surface area contributed by atoms with Crippen molar-refractivity contribution in [2.45, 2.75) is 11.4 Å². The van der Waals surface area contributed by atoms with Gasteiger partial charge in [0.1, 0.15) is 0 Å². The molecule has 0 aliphatic carbocycles. The van der Waals surface area contributed by atoms with Crippen LogP contribution in [0.15, 0.2) is 44.8 Å². The van der Waals surface area contributed by atoms with Crippen molar-refractivity contribution < 1.29 is 8.42 Å². The van der Waals surface area contributed by atoms with Crippen LogP contribution in [0.2, 0.25) is 5.28 Å². The zero-order valence-electron chi connectivity index (χ0n) is 13.5. The molecule has 8 nitrogen and oxygen atoms in total. The number of imidazole rings is 1. The molecule has 132 valence electrons. The highest BCUT2D eigenvalue weighted by Gasteiger charge is 2.20. The number of hydrogen-bond acceptors (Lipinski definition) is 5. The van der Waals surface area contributed by atoms with Crippen LogP contribution in [0.4, 0.5) is 0 Å². The Hall–Kier alpha value is -2.39. The monoisotopic (exact) mass is 382 g/mol. The first kappa shape index (κ1) is 17.4. The molecule has 0 spiro atoms. The molecule has 25 heavy (non-hydrogen) atoms. The van der Waals surface area contributed by atoms with Gasteiger partial charge in [-0.1, -0.05) is 18.2 Å². The minimum atomic E-state index is -3.55. The lowest BCUT2D eigenvalue weighted by atomic mass is 10.4. The van der Waals surface area contributed by atoms with Crippen LogP contribution in [-0.4, -0.2) is 32.9 Å². The van der Waals surface area contributed by atoms with Gasteiger partial charge in [-0.05, 0) is 23.7 Å². The Kier molecular flexibility index (Phi) is 4.29. The number of fused-ring (bicyclic) bond motifs is 1. The lowest BCUT2D eigenvalue weighted by Gasteiger charge is -2.08. The van der Waals surface area contributed by atoms with Crippen molar-refractivity contribution in [2.24, 2.45) is 14.1 Å². The molecule has 10 heteroatoms. The molecule has 0 unspecified atom stereocenters. The molecule has 0 radical (unpaired) electrons. The van der Waals surface area contributed by atoms with Gasteiger partial charge in [-0.2, -0.15) is 4.98 Å². The van der Waals surface area contributed by atoms with Gasteiger partial charge < -0.3 is 4.57 Å². The molecule has 0 bridgehead atoms. The zero-order valence-corrected chi connectivity index (χ0v) is 15.1. The molecular formula is C15H15ClN4O4S. The smallest absolute Gasteiger partial charge is 0.308 e. The van der Waals surface area contributed by atoms with Gasteiger partial charge in [0.05, 0.1) is 10.6 Å². The normalized spacial score (nSPS) is 12.0. The number of aromatic nitrogens is 4. The second-order valence-electron chi connectivity index (χ2n) is 5.54. The van der Waals surface area contributed by atoms with Crippen LogP contribution in [0.5, 0.6) is 0 Å². The maximum absolute atomic E-state index is 12.4. The summed E-state index contributed by atoms with van der Waals surface area (Å²) in [6.45, 7) is -0.0556. The Morgan fingerprint density at radius 3 is 2.36 bits per heavy atom. The van der Waals surface area contributed by atoms with E-state index >= 15 is 0 Å². The molecule has 0 fully saturated rings. The quantitative estimate of drug-likeness (QED) is 0.614. The topological polar surface area (TPSA) is 96.0 Å². The lowest BCUT2D eigenvalue weighted by molar-refractivity contribution is 0.589. The van der Waals surface area contributed by atoms with Crippen molar-refractivity contribution in [3.63, 3.8) is 0 Å². The fourth-order valence-corrected chi connectivity index (χ4v) is 4.06. The van der Waals surface area contributed by atoms with Crippen LogP contribution in [0.3, 0.4) is 0 Å². The van der Waals surface area contributed by atoms with Crippen LogP contribution in [0.25, 0.3) is 11.2 Å². The Labute approximate surface area is 147 Å². The van der Waals surface area contributed by atoms with E-state index in [1.807, 2.05) is 0 Å². The van der Waals surface area contributed by atoms with E-state index in [0.29, 0.717) is 0 Å². The third-order valence-corrected chi connectivity index (χ3v) is 5.99. The fraction of sp³-hybridized carbons (Fsp3) is 0.267. The summed E-state index contributed by atoms with van der Waals surface area (Å²) in [5.74, 6) is -0.256. The fourth-order valence-electron chi connectivity index (χ4n) is 2.58. The summed E-state index contributed by atoms with van der Waals surface area (Å²) >= 11 is 6.08. The molecule has 1 aromatic carbocycles. The second-order valence-corrected chi connectivity index (χ2v) is 7.99. The third-order valence-electron chi connectivity index (χ3n) is 3.99. The number of aryl methyl sites for hydroxylation is 2. The SMILES string of the molecule is Cn1c(=O)c2c(nc(Cl)n2CCS(=O)(=O)c2ccccc2)n(C)c1=O. The van der Waals surface area contributed by atoms with Gasteiger partial charge in [0.25, 0.3) is 5.56 Å². The largest absolute Gasteiger partial charge is 0.332 e. The standard InChI is InChI=1S/C15H15ClN4O4S/c1-18-12-11(13(21)19(2)15(18)22)20(14(16)17-12)8-9-25(23,24)10-6-4-3-5-7-10/h3-7H,8-9H2,1-2H3. The number of nitrogens with zero attached hydrogens (tertiary/aromatic N) is 4. The van der Waals surface area contributed by atoms with E-state index in [1.165, 1.54) is 35.4 Å². The Balaban J connectivity index is 2.08. The molecule has 2 aromatic heterocycles. The van der Waals surface area contributed by atoms with Crippen LogP contribution in [0.1, 0.15) is 0 Å². The lowest BCUT2D eigenvalue weighted by Crippen LogP contribution is -2.37. The van der Waals surface area contributed by atoms with Gasteiger partial charge >= 0.3 is 5.69 Å². The summed E-state index contributed by atoms with van der Waals surface area (Å²) in [5, 5.41) is -0.0449. The van der Waals surface area contributed by atoms with E-state index in [9.17, 15) is 18.0 Å². The molecule has 3 aromatic rings. The summed E-state index contributed by atoms with van der Waals surface area (Å²) < 4.78 is 28.3. The summed E-state index contributed by atoms with van der Waals surface area (Å²) in [7, 11) is -0.734. The molecule has 0 saturated carbocycles. The maximum Gasteiger partial charge on any atom is 0.332 e. The Morgan fingerprint density at radius 2 is 1.72 bits per heavy atom. The number of benzene rings is 1. The van der Waals surface area contributed by atoms with E-state index in [-0.39, 0.29) is 33.6 Å². The van der Waals surface area contributed by atoms with Crippen molar-refractivity contribution in [1.29, 1.82) is 0 Å². The van der Waals surface area contributed by atoms with Gasteiger partial charge in [0.2, 0.25) is 5.28 Å². The van der Waals surface area contributed by atoms with Gasteiger partial charge in [0, 0.05) is 20.6 Å². The van der Waals surface area contributed by atoms with E-state index in [1.54, 1.807) is 18.2 Å². The van der Waals surface area contributed by atoms with Crippen LogP contribution >= 0.6 is 11.6 Å². The van der Waals surface area contributed by atoms with Gasteiger partial charge in [-0.25, -0.2) is 13.2 Å². The number of hydrogen-bond donors (Lipinski definition) is 0. The Morgan fingerprint density at radius 1 is 1.08 bits per heavy atom. The molecule has 0 N–H and O–H groups in total. The predicted octanol–water partition coefficient (Wildman–Crippen LogP) is 0.561. The highest BCUT2D eigenvalue weighted by Crippen LogP contribution is 2.17.